The molecule has 0 unspecified atom stereocenters. The van der Waals surface area contributed by atoms with Crippen LogP contribution in [-0.2, 0) is 0 Å². The van der Waals surface area contributed by atoms with Crippen molar-refractivity contribution in [3.63, 3.8) is 0 Å². The third-order valence-electron chi connectivity index (χ3n) is 5.17. The fourth-order valence-corrected chi connectivity index (χ4v) is 4.84. The number of hydrogen-bond donors (Lipinski definition) is 3. The van der Waals surface area contributed by atoms with Gasteiger partial charge in [0.2, 0.25) is 0 Å². The van der Waals surface area contributed by atoms with E-state index in [2.05, 4.69) is 20.9 Å². The number of rotatable bonds is 3. The van der Waals surface area contributed by atoms with Crippen molar-refractivity contribution in [2.24, 2.45) is 0 Å². The van der Waals surface area contributed by atoms with E-state index in [9.17, 15) is 14.0 Å². The molecule has 1 saturated heterocycles. The number of thiophene rings is 1. The Morgan fingerprint density at radius 3 is 2.86 bits per heavy atom. The maximum absolute atomic E-state index is 13.3. The molecule has 148 valence electrons. The number of anilines is 3. The Balaban J connectivity index is 1.56. The van der Waals surface area contributed by atoms with E-state index in [-0.39, 0.29) is 17.8 Å². The molecule has 9 heteroatoms. The van der Waals surface area contributed by atoms with Crippen LogP contribution in [0.2, 0.25) is 0 Å². The van der Waals surface area contributed by atoms with Crippen molar-refractivity contribution in [3.8, 4) is 0 Å². The lowest BCUT2D eigenvalue weighted by Crippen LogP contribution is -2.45. The topological polar surface area (TPSA) is 86.4 Å². The maximum Gasteiger partial charge on any atom is 0.331 e. The highest BCUT2D eigenvalue weighted by atomic mass is 32.1. The Morgan fingerprint density at radius 2 is 2.10 bits per heavy atom. The number of halogens is 1. The average molecular weight is 411 g/mol. The summed E-state index contributed by atoms with van der Waals surface area (Å²) in [5.74, 6) is -0.586. The zero-order chi connectivity index (χ0) is 20.0. The molecule has 29 heavy (non-hydrogen) atoms. The van der Waals surface area contributed by atoms with Gasteiger partial charge in [0.05, 0.1) is 22.4 Å². The van der Waals surface area contributed by atoms with Crippen LogP contribution in [0.4, 0.5) is 26.2 Å². The number of pyridine rings is 1. The van der Waals surface area contributed by atoms with Gasteiger partial charge in [-0.25, -0.2) is 14.2 Å². The predicted molar refractivity (Wildman–Crippen MR) is 111 cm³/mol. The van der Waals surface area contributed by atoms with E-state index in [1.54, 1.807) is 24.4 Å². The molecule has 2 aliphatic heterocycles. The summed E-state index contributed by atoms with van der Waals surface area (Å²) in [6, 6.07) is 7.10. The molecule has 1 aromatic carbocycles. The summed E-state index contributed by atoms with van der Waals surface area (Å²) in [5, 5.41) is 9.89. The van der Waals surface area contributed by atoms with Crippen LogP contribution in [0.3, 0.4) is 0 Å². The zero-order valence-corrected chi connectivity index (χ0v) is 16.2. The molecule has 5 rings (SSSR count). The Bertz CT molecular complexity index is 1110. The van der Waals surface area contributed by atoms with Crippen molar-refractivity contribution in [2.45, 2.75) is 18.9 Å². The van der Waals surface area contributed by atoms with Crippen molar-refractivity contribution in [3.05, 3.63) is 47.2 Å². The number of amides is 3. The number of urea groups is 1. The molecule has 0 spiro atoms. The van der Waals surface area contributed by atoms with Crippen LogP contribution in [0.5, 0.6) is 0 Å². The van der Waals surface area contributed by atoms with Crippen molar-refractivity contribution < 1.29 is 14.0 Å². The van der Waals surface area contributed by atoms with Gasteiger partial charge < -0.3 is 16.0 Å². The predicted octanol–water partition coefficient (Wildman–Crippen LogP) is 3.60. The highest BCUT2D eigenvalue weighted by molar-refractivity contribution is 7.21. The van der Waals surface area contributed by atoms with E-state index in [4.69, 9.17) is 0 Å². The third kappa shape index (κ3) is 3.12. The number of nitrogens with one attached hydrogen (secondary N) is 3. The van der Waals surface area contributed by atoms with Gasteiger partial charge in [-0.3, -0.25) is 9.69 Å². The summed E-state index contributed by atoms with van der Waals surface area (Å²) in [6.07, 6.45) is 3.55. The first-order valence-electron chi connectivity index (χ1n) is 9.41. The fraction of sp³-hybridized carbons (Fsp3) is 0.250. The zero-order valence-electron chi connectivity index (χ0n) is 15.4. The van der Waals surface area contributed by atoms with Gasteiger partial charge in [0.15, 0.2) is 0 Å². The minimum atomic E-state index is -0.400. The lowest BCUT2D eigenvalue weighted by molar-refractivity contribution is 0.0935. The standard InChI is InChI=1S/C20H18FN5O2S/c21-11-3-5-13(6-4-11)26-14-7-9-23-19-15(14)16(25-20(26)28)17(29-19)18(27)24-12-2-1-8-22-10-12/h3-7,9,12,22H,1-2,8,10H2,(H,24,27)(H,25,28)/t12-/m1/s1. The van der Waals surface area contributed by atoms with Gasteiger partial charge in [-0.15, -0.1) is 11.3 Å². The largest absolute Gasteiger partial charge is 0.347 e. The second kappa shape index (κ2) is 7.09. The van der Waals surface area contributed by atoms with E-state index >= 15 is 0 Å². The Morgan fingerprint density at radius 1 is 1.28 bits per heavy atom. The van der Waals surface area contributed by atoms with E-state index < -0.39 is 6.03 Å². The molecular formula is C20H18FN5O2S. The van der Waals surface area contributed by atoms with Crippen molar-refractivity contribution in [1.29, 1.82) is 0 Å². The molecule has 1 atom stereocenters. The van der Waals surface area contributed by atoms with Gasteiger partial charge in [0, 0.05) is 18.8 Å². The molecule has 2 aliphatic rings. The second-order valence-electron chi connectivity index (χ2n) is 7.08. The highest BCUT2D eigenvalue weighted by Crippen LogP contribution is 2.45. The van der Waals surface area contributed by atoms with Gasteiger partial charge in [-0.2, -0.15) is 0 Å². The van der Waals surface area contributed by atoms with E-state index in [0.29, 0.717) is 32.2 Å². The van der Waals surface area contributed by atoms with Gasteiger partial charge >= 0.3 is 6.03 Å². The molecule has 4 heterocycles. The molecular weight excluding hydrogens is 393 g/mol. The summed E-state index contributed by atoms with van der Waals surface area (Å²) in [4.78, 5) is 32.8. The number of aromatic nitrogens is 1. The Hall–Kier alpha value is -3.04. The second-order valence-corrected chi connectivity index (χ2v) is 8.07. The average Bonchev–Trinajstić information content (AvgIpc) is 3.10. The van der Waals surface area contributed by atoms with Crippen molar-refractivity contribution in [1.82, 2.24) is 15.6 Å². The number of hydrogen-bond acceptors (Lipinski definition) is 5. The van der Waals surface area contributed by atoms with Crippen molar-refractivity contribution >= 4 is 50.6 Å². The van der Waals surface area contributed by atoms with E-state index in [0.717, 1.165) is 25.9 Å². The molecule has 0 bridgehead atoms. The molecule has 3 amide bonds. The summed E-state index contributed by atoms with van der Waals surface area (Å²) in [5.41, 5.74) is 1.64. The molecule has 2 aromatic heterocycles. The summed E-state index contributed by atoms with van der Waals surface area (Å²) >= 11 is 1.26. The van der Waals surface area contributed by atoms with Crippen LogP contribution in [0.1, 0.15) is 22.5 Å². The van der Waals surface area contributed by atoms with Crippen LogP contribution >= 0.6 is 11.3 Å². The minimum absolute atomic E-state index is 0.0658. The lowest BCUT2D eigenvalue weighted by Gasteiger charge is -2.28. The number of nitrogens with zero attached hydrogens (tertiary/aromatic N) is 2. The first kappa shape index (κ1) is 18.0. The van der Waals surface area contributed by atoms with Crippen LogP contribution in [0, 0.1) is 5.82 Å². The number of carbonyl (C=O) groups excluding carboxylic acids is 2. The molecule has 0 saturated carbocycles. The monoisotopic (exact) mass is 411 g/mol. The third-order valence-corrected chi connectivity index (χ3v) is 6.27. The lowest BCUT2D eigenvalue weighted by atomic mass is 10.1. The minimum Gasteiger partial charge on any atom is -0.347 e. The molecule has 0 aliphatic carbocycles. The highest BCUT2D eigenvalue weighted by Gasteiger charge is 2.33. The van der Waals surface area contributed by atoms with Crippen LogP contribution in [-0.4, -0.2) is 36.1 Å². The normalized spacial score (nSPS) is 18.6. The SMILES string of the molecule is O=C(N[C@@H]1CCCNC1)c1sc2nccc3c2c1NC(=O)N3c1ccc(F)cc1. The summed E-state index contributed by atoms with van der Waals surface area (Å²) in [7, 11) is 0. The Kier molecular flexibility index (Phi) is 4.40. The molecule has 0 radical (unpaired) electrons. The molecule has 7 nitrogen and oxygen atoms in total. The van der Waals surface area contributed by atoms with Crippen LogP contribution < -0.4 is 20.9 Å². The molecule has 3 N–H and O–H groups in total. The first-order valence-corrected chi connectivity index (χ1v) is 10.2. The first-order chi connectivity index (χ1) is 14.1. The number of benzene rings is 1. The van der Waals surface area contributed by atoms with Crippen LogP contribution in [0.25, 0.3) is 10.2 Å². The quantitative estimate of drug-likeness (QED) is 0.615. The van der Waals surface area contributed by atoms with Gasteiger partial charge in [0.1, 0.15) is 15.5 Å². The number of piperidine rings is 1. The number of carbonyl (C=O) groups is 2. The van der Waals surface area contributed by atoms with E-state index in [1.807, 2.05) is 0 Å². The fourth-order valence-electron chi connectivity index (χ4n) is 3.82. The summed E-state index contributed by atoms with van der Waals surface area (Å²) < 4.78 is 13.3. The van der Waals surface area contributed by atoms with Gasteiger partial charge in [-0.1, -0.05) is 0 Å². The molecule has 1 fully saturated rings. The van der Waals surface area contributed by atoms with Gasteiger partial charge in [-0.05, 0) is 49.7 Å². The van der Waals surface area contributed by atoms with Gasteiger partial charge in [0.25, 0.3) is 5.91 Å². The summed E-state index contributed by atoms with van der Waals surface area (Å²) in [6.45, 7) is 1.70. The van der Waals surface area contributed by atoms with Crippen molar-refractivity contribution in [2.75, 3.05) is 23.3 Å². The smallest absolute Gasteiger partial charge is 0.331 e. The van der Waals surface area contributed by atoms with Crippen LogP contribution in [0.15, 0.2) is 36.5 Å². The Labute approximate surface area is 169 Å². The molecule has 3 aromatic rings. The maximum atomic E-state index is 13.3. The van der Waals surface area contributed by atoms with E-state index in [1.165, 1.54) is 28.4 Å².